The van der Waals surface area contributed by atoms with Crippen LogP contribution in [0.1, 0.15) is 31.0 Å². The van der Waals surface area contributed by atoms with Crippen molar-refractivity contribution in [1.82, 2.24) is 9.29 Å². The molecule has 2 rings (SSSR count). The summed E-state index contributed by atoms with van der Waals surface area (Å²) in [5.41, 5.74) is 0.819. The number of sulfonamides is 1. The number of nitrogens with zero attached hydrogens (tertiary/aromatic N) is 3. The topological polar surface area (TPSA) is 74.1 Å². The number of halogens is 1. The van der Waals surface area contributed by atoms with Crippen molar-refractivity contribution in [3.05, 3.63) is 58.9 Å². The molecule has 0 amide bonds. The number of pyridine rings is 1. The van der Waals surface area contributed by atoms with E-state index in [9.17, 15) is 13.7 Å². The Hall–Kier alpha value is -1.94. The van der Waals surface area contributed by atoms with Crippen LogP contribution < -0.4 is 0 Å². The highest BCUT2D eigenvalue weighted by Crippen LogP contribution is 2.29. The van der Waals surface area contributed by atoms with Crippen LogP contribution in [-0.2, 0) is 10.0 Å². The van der Waals surface area contributed by atoms with Gasteiger partial charge in [0.15, 0.2) is 0 Å². The summed E-state index contributed by atoms with van der Waals surface area (Å²) in [7, 11) is -3.83. The Kier molecular flexibility index (Phi) is 5.37. The van der Waals surface area contributed by atoms with E-state index in [0.717, 1.165) is 5.56 Å². The second-order valence-corrected chi connectivity index (χ2v) is 7.22. The Bertz CT molecular complexity index is 832. The Morgan fingerprint density at radius 3 is 2.70 bits per heavy atom. The van der Waals surface area contributed by atoms with Crippen LogP contribution in [0.15, 0.2) is 47.6 Å². The number of benzene rings is 1. The van der Waals surface area contributed by atoms with Gasteiger partial charge in [0.2, 0.25) is 10.0 Å². The zero-order chi connectivity index (χ0) is 17.0. The van der Waals surface area contributed by atoms with Crippen molar-refractivity contribution in [2.75, 3.05) is 6.54 Å². The zero-order valence-corrected chi connectivity index (χ0v) is 14.3. The second-order valence-electron chi connectivity index (χ2n) is 4.92. The van der Waals surface area contributed by atoms with Crippen LogP contribution in [-0.4, -0.2) is 24.3 Å². The van der Waals surface area contributed by atoms with Gasteiger partial charge in [-0.15, -0.1) is 0 Å². The smallest absolute Gasteiger partial charge is 0.244 e. The van der Waals surface area contributed by atoms with Gasteiger partial charge in [-0.2, -0.15) is 9.57 Å². The van der Waals surface area contributed by atoms with Gasteiger partial charge in [0.25, 0.3) is 0 Å². The van der Waals surface area contributed by atoms with Crippen LogP contribution in [0.25, 0.3) is 0 Å². The third-order valence-corrected chi connectivity index (χ3v) is 5.90. The minimum atomic E-state index is -3.83. The molecule has 1 atom stereocenters. The van der Waals surface area contributed by atoms with Crippen molar-refractivity contribution in [2.45, 2.75) is 24.8 Å². The lowest BCUT2D eigenvalue weighted by molar-refractivity contribution is 0.356. The summed E-state index contributed by atoms with van der Waals surface area (Å²) >= 11 is 5.85. The number of aromatic nitrogens is 1. The van der Waals surface area contributed by atoms with Gasteiger partial charge >= 0.3 is 0 Å². The highest BCUT2D eigenvalue weighted by atomic mass is 35.5. The average Bonchev–Trinajstić information content (AvgIpc) is 2.55. The van der Waals surface area contributed by atoms with E-state index < -0.39 is 16.1 Å². The first-order valence-electron chi connectivity index (χ1n) is 7.03. The molecule has 23 heavy (non-hydrogen) atoms. The molecule has 120 valence electrons. The molecule has 0 saturated carbocycles. The molecule has 2 aromatic rings. The maximum absolute atomic E-state index is 13.0. The first-order chi connectivity index (χ1) is 10.9. The lowest BCUT2D eigenvalue weighted by atomic mass is 10.1. The first-order valence-corrected chi connectivity index (χ1v) is 8.85. The third kappa shape index (κ3) is 3.53. The standard InChI is InChI=1S/C16H16ClN3O2S/c1-3-20(12(2)13-5-4-8-19-11-13)23(21,22)16-7-6-15(17)9-14(16)10-18/h4-9,11-12H,3H2,1-2H3/t12-/m0/s1. The summed E-state index contributed by atoms with van der Waals surface area (Å²) in [5.74, 6) is 0. The fourth-order valence-corrected chi connectivity index (χ4v) is 4.31. The van der Waals surface area contributed by atoms with E-state index in [4.69, 9.17) is 11.6 Å². The number of hydrogen-bond acceptors (Lipinski definition) is 4. The van der Waals surface area contributed by atoms with Crippen LogP contribution >= 0.6 is 11.6 Å². The fourth-order valence-electron chi connectivity index (χ4n) is 2.38. The lowest BCUT2D eigenvalue weighted by Gasteiger charge is -2.27. The van der Waals surface area contributed by atoms with Crippen LogP contribution in [0.3, 0.4) is 0 Å². The number of rotatable bonds is 5. The third-order valence-electron chi connectivity index (χ3n) is 3.56. The minimum absolute atomic E-state index is 0.0364. The molecule has 0 spiro atoms. The zero-order valence-electron chi connectivity index (χ0n) is 12.8. The van der Waals surface area contributed by atoms with E-state index in [-0.39, 0.29) is 17.0 Å². The van der Waals surface area contributed by atoms with Crippen molar-refractivity contribution < 1.29 is 8.42 Å². The van der Waals surface area contributed by atoms with E-state index in [1.165, 1.54) is 22.5 Å². The largest absolute Gasteiger partial charge is 0.264 e. The summed E-state index contributed by atoms with van der Waals surface area (Å²) in [5, 5.41) is 9.54. The molecule has 5 nitrogen and oxygen atoms in total. The summed E-state index contributed by atoms with van der Waals surface area (Å²) in [4.78, 5) is 3.99. The predicted octanol–water partition coefficient (Wildman–Crippen LogP) is 3.38. The Balaban J connectivity index is 2.51. The SMILES string of the molecule is CCN([C@@H](C)c1cccnc1)S(=O)(=O)c1ccc(Cl)cc1C#N. The first kappa shape index (κ1) is 17.4. The minimum Gasteiger partial charge on any atom is -0.264 e. The van der Waals surface area contributed by atoms with E-state index >= 15 is 0 Å². The van der Waals surface area contributed by atoms with Gasteiger partial charge in [-0.05, 0) is 36.8 Å². The lowest BCUT2D eigenvalue weighted by Crippen LogP contribution is -2.34. The molecule has 1 heterocycles. The van der Waals surface area contributed by atoms with Gasteiger partial charge in [0.05, 0.1) is 5.56 Å². The molecular formula is C16H16ClN3O2S. The van der Waals surface area contributed by atoms with Crippen molar-refractivity contribution in [1.29, 1.82) is 5.26 Å². The molecule has 0 saturated heterocycles. The van der Waals surface area contributed by atoms with E-state index in [1.807, 2.05) is 12.1 Å². The molecule has 0 unspecified atom stereocenters. The van der Waals surface area contributed by atoms with Crippen molar-refractivity contribution >= 4 is 21.6 Å². The number of hydrogen-bond donors (Lipinski definition) is 0. The highest BCUT2D eigenvalue weighted by molar-refractivity contribution is 7.89. The van der Waals surface area contributed by atoms with E-state index in [1.54, 1.807) is 32.3 Å². The molecule has 0 aliphatic heterocycles. The maximum Gasteiger partial charge on any atom is 0.244 e. The van der Waals surface area contributed by atoms with Crippen LogP contribution in [0.5, 0.6) is 0 Å². The molecule has 0 bridgehead atoms. The normalized spacial score (nSPS) is 12.8. The highest BCUT2D eigenvalue weighted by Gasteiger charge is 2.30. The Labute approximate surface area is 141 Å². The molecule has 0 fully saturated rings. The van der Waals surface area contributed by atoms with Gasteiger partial charge in [0, 0.05) is 30.0 Å². The Morgan fingerprint density at radius 2 is 2.13 bits per heavy atom. The van der Waals surface area contributed by atoms with Gasteiger partial charge in [-0.25, -0.2) is 8.42 Å². The predicted molar refractivity (Wildman–Crippen MR) is 88.4 cm³/mol. The van der Waals surface area contributed by atoms with Crippen molar-refractivity contribution in [2.24, 2.45) is 0 Å². The van der Waals surface area contributed by atoms with Gasteiger partial charge in [-0.1, -0.05) is 24.6 Å². The summed E-state index contributed by atoms with van der Waals surface area (Å²) in [6.07, 6.45) is 3.27. The summed E-state index contributed by atoms with van der Waals surface area (Å²) in [6, 6.07) is 9.28. The van der Waals surface area contributed by atoms with Gasteiger partial charge in [-0.3, -0.25) is 4.98 Å². The van der Waals surface area contributed by atoms with Crippen LogP contribution in [0.2, 0.25) is 5.02 Å². The van der Waals surface area contributed by atoms with Crippen molar-refractivity contribution in [3.63, 3.8) is 0 Å². The molecule has 1 aromatic carbocycles. The fraction of sp³-hybridized carbons (Fsp3) is 0.250. The quantitative estimate of drug-likeness (QED) is 0.829. The number of nitriles is 1. The average molecular weight is 350 g/mol. The molecule has 7 heteroatoms. The van der Waals surface area contributed by atoms with Gasteiger partial charge in [0.1, 0.15) is 11.0 Å². The molecule has 0 radical (unpaired) electrons. The van der Waals surface area contributed by atoms with Crippen LogP contribution in [0.4, 0.5) is 0 Å². The summed E-state index contributed by atoms with van der Waals surface area (Å²) < 4.78 is 27.3. The molecule has 1 aromatic heterocycles. The van der Waals surface area contributed by atoms with Crippen molar-refractivity contribution in [3.8, 4) is 6.07 Å². The molecular weight excluding hydrogens is 334 g/mol. The second kappa shape index (κ2) is 7.09. The molecule has 0 aliphatic rings. The monoisotopic (exact) mass is 349 g/mol. The Morgan fingerprint density at radius 1 is 1.39 bits per heavy atom. The molecule has 0 aliphatic carbocycles. The van der Waals surface area contributed by atoms with E-state index in [0.29, 0.717) is 5.02 Å². The summed E-state index contributed by atoms with van der Waals surface area (Å²) in [6.45, 7) is 3.82. The van der Waals surface area contributed by atoms with Gasteiger partial charge < -0.3 is 0 Å². The maximum atomic E-state index is 13.0. The van der Waals surface area contributed by atoms with Crippen LogP contribution in [0, 0.1) is 11.3 Å². The molecule has 0 N–H and O–H groups in total. The van der Waals surface area contributed by atoms with E-state index in [2.05, 4.69) is 4.98 Å².